The van der Waals surface area contributed by atoms with Gasteiger partial charge in [-0.25, -0.2) is 0 Å². The van der Waals surface area contributed by atoms with Crippen molar-refractivity contribution in [3.8, 4) is 0 Å². The van der Waals surface area contributed by atoms with Crippen LogP contribution >= 0.6 is 0 Å². The number of nitrogens with zero attached hydrogens (tertiary/aromatic N) is 1. The summed E-state index contributed by atoms with van der Waals surface area (Å²) in [5.41, 5.74) is -0.775. The first-order chi connectivity index (χ1) is 23.0. The van der Waals surface area contributed by atoms with Crippen molar-refractivity contribution < 1.29 is 29.6 Å². The normalized spacial score (nSPS) is 38.8. The number of furan rings is 1. The van der Waals surface area contributed by atoms with Crippen molar-refractivity contribution in [1.29, 1.82) is 0 Å². The van der Waals surface area contributed by atoms with Crippen LogP contribution in [-0.2, 0) is 6.54 Å². The Labute approximate surface area is 283 Å². The third kappa shape index (κ3) is 4.40. The molecule has 0 radical (unpaired) electrons. The fourth-order valence-electron chi connectivity index (χ4n) is 11.7. The average molecular weight is 652 g/mol. The maximum Gasteiger partial charge on any atom is 0.224 e. The summed E-state index contributed by atoms with van der Waals surface area (Å²) in [5, 5.41) is 46.8. The van der Waals surface area contributed by atoms with Crippen molar-refractivity contribution in [3.63, 3.8) is 0 Å². The molecule has 7 heteroatoms. The van der Waals surface area contributed by atoms with Crippen LogP contribution in [0.25, 0.3) is 10.8 Å². The van der Waals surface area contributed by atoms with Crippen LogP contribution < -0.4 is 0 Å². The summed E-state index contributed by atoms with van der Waals surface area (Å²) in [5.74, 6) is 0.466. The van der Waals surface area contributed by atoms with Crippen LogP contribution in [0.4, 0.5) is 0 Å². The zero-order chi connectivity index (χ0) is 33.5. The van der Waals surface area contributed by atoms with Crippen LogP contribution in [0.2, 0.25) is 0 Å². The Balaban J connectivity index is 1.19. The number of allylic oxidation sites excluding steroid dienone is 4. The summed E-state index contributed by atoms with van der Waals surface area (Å²) in [6.07, 6.45) is 12.4. The minimum Gasteiger partial charge on any atom is -0.461 e. The zero-order valence-electron chi connectivity index (χ0n) is 28.1. The van der Waals surface area contributed by atoms with Gasteiger partial charge >= 0.3 is 0 Å². The number of fused-ring (bicyclic) bond motifs is 2. The molecule has 0 aliphatic heterocycles. The Morgan fingerprint density at radius 3 is 2.50 bits per heavy atom. The number of rotatable bonds is 9. The molecule has 254 valence electrons. The molecule has 9 rings (SSSR count). The molecule has 3 fully saturated rings. The molecule has 9 atom stereocenters. The van der Waals surface area contributed by atoms with Gasteiger partial charge in [-0.3, -0.25) is 9.69 Å². The van der Waals surface area contributed by atoms with Gasteiger partial charge in [0.1, 0.15) is 0 Å². The monoisotopic (exact) mass is 651 g/mol. The molecule has 2 bridgehead atoms. The van der Waals surface area contributed by atoms with Gasteiger partial charge in [-0.05, 0) is 90.7 Å². The molecule has 4 N–H and O–H groups in total. The summed E-state index contributed by atoms with van der Waals surface area (Å²) in [4.78, 5) is 16.6. The van der Waals surface area contributed by atoms with Gasteiger partial charge < -0.3 is 24.8 Å². The quantitative estimate of drug-likeness (QED) is 0.164. The molecule has 48 heavy (non-hydrogen) atoms. The van der Waals surface area contributed by atoms with Crippen LogP contribution in [0.1, 0.15) is 74.9 Å². The lowest BCUT2D eigenvalue weighted by atomic mass is 9.32. The van der Waals surface area contributed by atoms with E-state index in [1.54, 1.807) is 18.4 Å². The molecule has 1 heterocycles. The molecule has 6 aliphatic carbocycles. The van der Waals surface area contributed by atoms with Gasteiger partial charge in [0, 0.05) is 41.5 Å². The third-order valence-electron chi connectivity index (χ3n) is 14.1. The Hall–Kier alpha value is -3.07. The summed E-state index contributed by atoms with van der Waals surface area (Å²) >= 11 is 0. The van der Waals surface area contributed by atoms with Gasteiger partial charge in [0.15, 0.2) is 5.76 Å². The molecule has 9 unspecified atom stereocenters. The summed E-state index contributed by atoms with van der Waals surface area (Å²) in [6.45, 7) is 5.39. The minimum atomic E-state index is -1.08. The van der Waals surface area contributed by atoms with Crippen molar-refractivity contribution >= 4 is 16.6 Å². The van der Waals surface area contributed by atoms with E-state index < -0.39 is 34.1 Å². The fraction of sp³-hybridized carbons (Fsp3) is 0.537. The fourth-order valence-corrected chi connectivity index (χ4v) is 11.7. The first-order valence-electron chi connectivity index (χ1n) is 17.9. The highest BCUT2D eigenvalue weighted by Gasteiger charge is 2.74. The number of hydrogen-bond acceptors (Lipinski definition) is 7. The molecular weight excluding hydrogens is 602 g/mol. The van der Waals surface area contributed by atoms with Crippen LogP contribution in [0, 0.1) is 33.5 Å². The van der Waals surface area contributed by atoms with Gasteiger partial charge in [0.2, 0.25) is 5.78 Å². The summed E-state index contributed by atoms with van der Waals surface area (Å²) < 4.78 is 5.71. The second kappa shape index (κ2) is 11.2. The molecule has 0 amide bonds. The van der Waals surface area contributed by atoms with Crippen LogP contribution in [0.3, 0.4) is 0 Å². The lowest BCUT2D eigenvalue weighted by Crippen LogP contribution is -2.67. The van der Waals surface area contributed by atoms with E-state index >= 15 is 0 Å². The number of ketones is 1. The third-order valence-corrected chi connectivity index (χ3v) is 14.1. The molecule has 3 saturated carbocycles. The SMILES string of the molecule is CC12CCC(O)CC13C=CC1(C(C(=O)c4ccco4)=C3)C2CCC2(C)C1CCC2(O)CN(Cc1cccc2ccccc12)CC(O)CO. The lowest BCUT2D eigenvalue weighted by molar-refractivity contribution is -0.177. The van der Waals surface area contributed by atoms with Crippen LogP contribution in [0.5, 0.6) is 0 Å². The second-order valence-electron chi connectivity index (χ2n) is 16.3. The number of hydrogen-bond donors (Lipinski definition) is 4. The number of Topliss-reactive ketones (excluding diaryl/α,β-unsaturated/α-hetero) is 1. The Bertz CT molecular complexity index is 1780. The van der Waals surface area contributed by atoms with Gasteiger partial charge in [-0.1, -0.05) is 74.5 Å². The van der Waals surface area contributed by atoms with Gasteiger partial charge in [0.25, 0.3) is 0 Å². The Morgan fingerprint density at radius 2 is 1.71 bits per heavy atom. The van der Waals surface area contributed by atoms with Gasteiger partial charge in [-0.15, -0.1) is 0 Å². The van der Waals surface area contributed by atoms with Crippen molar-refractivity contribution in [2.75, 3.05) is 19.7 Å². The second-order valence-corrected chi connectivity index (χ2v) is 16.3. The summed E-state index contributed by atoms with van der Waals surface area (Å²) in [7, 11) is 0. The van der Waals surface area contributed by atoms with Gasteiger partial charge in [0.05, 0.1) is 30.7 Å². The van der Waals surface area contributed by atoms with Crippen molar-refractivity contribution in [2.24, 2.45) is 33.5 Å². The Morgan fingerprint density at radius 1 is 0.958 bits per heavy atom. The first kappa shape index (κ1) is 32.2. The number of benzene rings is 2. The molecule has 6 aliphatic rings. The predicted octanol–water partition coefficient (Wildman–Crippen LogP) is 6.06. The van der Waals surface area contributed by atoms with E-state index in [-0.39, 0.29) is 36.2 Å². The highest BCUT2D eigenvalue weighted by Crippen LogP contribution is 2.78. The molecule has 1 aromatic heterocycles. The van der Waals surface area contributed by atoms with E-state index in [4.69, 9.17) is 4.42 Å². The predicted molar refractivity (Wildman–Crippen MR) is 184 cm³/mol. The minimum absolute atomic E-state index is 0.0132. The maximum atomic E-state index is 14.5. The average Bonchev–Trinajstić information content (AvgIpc) is 3.71. The summed E-state index contributed by atoms with van der Waals surface area (Å²) in [6, 6.07) is 18.0. The topological polar surface area (TPSA) is 114 Å². The zero-order valence-corrected chi connectivity index (χ0v) is 28.1. The smallest absolute Gasteiger partial charge is 0.224 e. The molecular formula is C41H49NO6. The van der Waals surface area contributed by atoms with Crippen LogP contribution in [-0.4, -0.2) is 68.6 Å². The molecule has 0 saturated heterocycles. The first-order valence-corrected chi connectivity index (χ1v) is 17.9. The number of carbonyl (C=O) groups excluding carboxylic acids is 1. The largest absolute Gasteiger partial charge is 0.461 e. The van der Waals surface area contributed by atoms with Crippen LogP contribution in [0.15, 0.2) is 89.1 Å². The number of aliphatic hydroxyl groups is 4. The van der Waals surface area contributed by atoms with E-state index in [0.29, 0.717) is 31.7 Å². The standard InChI is InChI=1S/C41H49NO6/c1-37-15-12-29(44)21-39(37)18-19-41(32(22-39)36(46)33-11-6-20-48-33)34(37)13-16-38(2)35(41)14-17-40(38,47)26-42(24-30(45)25-43)23-28-9-5-8-27-7-3-4-10-31(27)28/h3-11,18-20,22,29-30,34-35,43-45,47H,12-17,21,23-26H2,1-2H3. The van der Waals surface area contributed by atoms with E-state index in [1.807, 2.05) is 18.2 Å². The molecule has 2 spiro atoms. The van der Waals surface area contributed by atoms with E-state index in [9.17, 15) is 25.2 Å². The van der Waals surface area contributed by atoms with E-state index in [0.717, 1.165) is 54.0 Å². The van der Waals surface area contributed by atoms with Gasteiger partial charge in [-0.2, -0.15) is 0 Å². The highest BCUT2D eigenvalue weighted by molar-refractivity contribution is 6.08. The number of carbonyl (C=O) groups is 1. The van der Waals surface area contributed by atoms with Crippen molar-refractivity contribution in [2.45, 2.75) is 83.1 Å². The van der Waals surface area contributed by atoms with E-state index in [1.165, 1.54) is 0 Å². The molecule has 2 aromatic carbocycles. The highest BCUT2D eigenvalue weighted by atomic mass is 16.3. The van der Waals surface area contributed by atoms with Crippen molar-refractivity contribution in [3.05, 3.63) is 96.0 Å². The number of aliphatic hydroxyl groups excluding tert-OH is 3. The molecule has 7 nitrogen and oxygen atoms in total. The Kier molecular flexibility index (Phi) is 7.52. The van der Waals surface area contributed by atoms with Crippen molar-refractivity contribution in [1.82, 2.24) is 4.90 Å². The maximum absolute atomic E-state index is 14.5. The van der Waals surface area contributed by atoms with E-state index in [2.05, 4.69) is 61.2 Å². The lowest BCUT2D eigenvalue weighted by Gasteiger charge is -2.71. The molecule has 3 aromatic rings.